The molecule has 2 rings (SSSR count). The molecule has 0 spiro atoms. The first-order valence-electron chi connectivity index (χ1n) is 5.55. The Labute approximate surface area is 142 Å². The van der Waals surface area contributed by atoms with E-state index < -0.39 is 0 Å². The first-order chi connectivity index (χ1) is 9.38. The Morgan fingerprint density at radius 3 is 2.60 bits per heavy atom. The van der Waals surface area contributed by atoms with Crippen molar-refractivity contribution in [2.45, 2.75) is 6.92 Å². The van der Waals surface area contributed by atoms with Crippen molar-refractivity contribution in [3.05, 3.63) is 48.5 Å². The molecule has 7 heteroatoms. The van der Waals surface area contributed by atoms with Gasteiger partial charge in [0.25, 0.3) is 5.91 Å². The number of thiophene rings is 1. The van der Waals surface area contributed by atoms with Crippen LogP contribution < -0.4 is 11.1 Å². The van der Waals surface area contributed by atoms with Gasteiger partial charge < -0.3 is 11.1 Å². The van der Waals surface area contributed by atoms with Crippen molar-refractivity contribution >= 4 is 72.0 Å². The van der Waals surface area contributed by atoms with Gasteiger partial charge >= 0.3 is 0 Å². The third-order valence-electron chi connectivity index (χ3n) is 2.67. The SMILES string of the molecule is Cc1ccc(C(N)=S)cc1NC(=O)c1cc(Br)sc1Br. The molecule has 0 aliphatic heterocycles. The molecular weight excluding hydrogens is 424 g/mol. The Bertz CT molecular complexity index is 698. The number of hydrogen-bond donors (Lipinski definition) is 2. The lowest BCUT2D eigenvalue weighted by Gasteiger charge is -2.10. The summed E-state index contributed by atoms with van der Waals surface area (Å²) in [6.45, 7) is 1.91. The van der Waals surface area contributed by atoms with Gasteiger partial charge in [0.2, 0.25) is 0 Å². The predicted octanol–water partition coefficient (Wildman–Crippen LogP) is 4.47. The van der Waals surface area contributed by atoms with E-state index >= 15 is 0 Å². The quantitative estimate of drug-likeness (QED) is 0.702. The number of nitrogens with one attached hydrogen (secondary N) is 1. The Balaban J connectivity index is 2.30. The summed E-state index contributed by atoms with van der Waals surface area (Å²) in [7, 11) is 0. The maximum atomic E-state index is 12.3. The van der Waals surface area contributed by atoms with E-state index in [0.717, 1.165) is 18.7 Å². The zero-order chi connectivity index (χ0) is 14.9. The average molecular weight is 434 g/mol. The van der Waals surface area contributed by atoms with E-state index in [1.54, 1.807) is 12.1 Å². The zero-order valence-electron chi connectivity index (χ0n) is 10.4. The largest absolute Gasteiger partial charge is 0.389 e. The number of benzene rings is 1. The van der Waals surface area contributed by atoms with Gasteiger partial charge in [0.05, 0.1) is 13.1 Å². The molecule has 0 saturated heterocycles. The molecule has 20 heavy (non-hydrogen) atoms. The number of nitrogens with two attached hydrogens (primary N) is 1. The number of halogens is 2. The van der Waals surface area contributed by atoms with Crippen LogP contribution >= 0.6 is 55.4 Å². The maximum Gasteiger partial charge on any atom is 0.257 e. The van der Waals surface area contributed by atoms with E-state index in [-0.39, 0.29) is 5.91 Å². The van der Waals surface area contributed by atoms with Gasteiger partial charge in [0.15, 0.2) is 0 Å². The molecule has 2 aromatic rings. The minimum Gasteiger partial charge on any atom is -0.389 e. The summed E-state index contributed by atoms with van der Waals surface area (Å²) < 4.78 is 1.67. The van der Waals surface area contributed by atoms with Crippen molar-refractivity contribution in [1.29, 1.82) is 0 Å². The van der Waals surface area contributed by atoms with Gasteiger partial charge in [0.1, 0.15) is 4.99 Å². The van der Waals surface area contributed by atoms with Gasteiger partial charge in [-0.25, -0.2) is 0 Å². The first kappa shape index (κ1) is 15.6. The molecule has 0 aliphatic carbocycles. The summed E-state index contributed by atoms with van der Waals surface area (Å²) in [6.07, 6.45) is 0. The average Bonchev–Trinajstić information content (AvgIpc) is 2.71. The van der Waals surface area contributed by atoms with E-state index in [4.69, 9.17) is 18.0 Å². The molecule has 1 aromatic carbocycles. The molecule has 1 aromatic heterocycles. The summed E-state index contributed by atoms with van der Waals surface area (Å²) in [5.41, 5.74) is 8.57. The van der Waals surface area contributed by atoms with Gasteiger partial charge in [-0.15, -0.1) is 11.3 Å². The molecule has 3 nitrogen and oxygen atoms in total. The fourth-order valence-electron chi connectivity index (χ4n) is 1.59. The summed E-state index contributed by atoms with van der Waals surface area (Å²) in [5, 5.41) is 2.88. The van der Waals surface area contributed by atoms with Crippen LogP contribution in [0.25, 0.3) is 0 Å². The second-order valence-electron chi connectivity index (χ2n) is 4.09. The van der Waals surface area contributed by atoms with Crippen molar-refractivity contribution in [3.63, 3.8) is 0 Å². The van der Waals surface area contributed by atoms with Crippen LogP contribution in [-0.4, -0.2) is 10.9 Å². The van der Waals surface area contributed by atoms with Crippen LogP contribution in [0.15, 0.2) is 31.8 Å². The first-order valence-corrected chi connectivity index (χ1v) is 8.36. The number of amides is 1. The lowest BCUT2D eigenvalue weighted by atomic mass is 10.1. The Hall–Kier alpha value is -0.760. The standard InChI is InChI=1S/C13H10Br2N2OS2/c1-6-2-3-7(12(16)19)4-9(6)17-13(18)8-5-10(14)20-11(8)15/h2-5H,1H3,(H2,16,19)(H,17,18). The number of anilines is 1. The molecular formula is C13H10Br2N2OS2. The van der Waals surface area contributed by atoms with Gasteiger partial charge in [-0.3, -0.25) is 4.79 Å². The summed E-state index contributed by atoms with van der Waals surface area (Å²) >= 11 is 13.1. The Morgan fingerprint density at radius 1 is 1.35 bits per heavy atom. The minimum absolute atomic E-state index is 0.179. The highest BCUT2D eigenvalue weighted by atomic mass is 79.9. The third-order valence-corrected chi connectivity index (χ3v) is 5.25. The fraction of sp³-hybridized carbons (Fsp3) is 0.0769. The monoisotopic (exact) mass is 432 g/mol. The maximum absolute atomic E-state index is 12.3. The van der Waals surface area contributed by atoms with Gasteiger partial charge in [0, 0.05) is 11.3 Å². The molecule has 3 N–H and O–H groups in total. The van der Waals surface area contributed by atoms with Crippen molar-refractivity contribution in [1.82, 2.24) is 0 Å². The normalized spacial score (nSPS) is 10.3. The van der Waals surface area contributed by atoms with Crippen molar-refractivity contribution in [3.8, 4) is 0 Å². The smallest absolute Gasteiger partial charge is 0.257 e. The molecule has 0 saturated carbocycles. The summed E-state index contributed by atoms with van der Waals surface area (Å²) in [4.78, 5) is 12.6. The lowest BCUT2D eigenvalue weighted by molar-refractivity contribution is 0.102. The van der Waals surface area contributed by atoms with Crippen LogP contribution in [0, 0.1) is 6.92 Å². The van der Waals surface area contributed by atoms with E-state index in [2.05, 4.69) is 37.2 Å². The molecule has 0 radical (unpaired) electrons. The van der Waals surface area contributed by atoms with E-state index in [1.807, 2.05) is 19.1 Å². The molecule has 1 heterocycles. The second kappa shape index (κ2) is 6.34. The predicted molar refractivity (Wildman–Crippen MR) is 94.7 cm³/mol. The lowest BCUT2D eigenvalue weighted by Crippen LogP contribution is -2.14. The number of aryl methyl sites for hydroxylation is 1. The van der Waals surface area contributed by atoms with Gasteiger partial charge in [-0.2, -0.15) is 0 Å². The van der Waals surface area contributed by atoms with Gasteiger partial charge in [-0.1, -0.05) is 24.4 Å². The number of carbonyl (C=O) groups excluding carboxylic acids is 1. The highest BCUT2D eigenvalue weighted by Gasteiger charge is 2.15. The second-order valence-corrected chi connectivity index (χ2v) is 8.28. The van der Waals surface area contributed by atoms with E-state index in [0.29, 0.717) is 16.2 Å². The molecule has 0 unspecified atom stereocenters. The molecule has 0 aliphatic rings. The highest BCUT2D eigenvalue weighted by molar-refractivity contribution is 9.12. The summed E-state index contributed by atoms with van der Waals surface area (Å²) in [5.74, 6) is -0.179. The number of thiocarbonyl (C=S) groups is 1. The van der Waals surface area contributed by atoms with Crippen LogP contribution in [0.2, 0.25) is 0 Å². The van der Waals surface area contributed by atoms with Crippen LogP contribution in [0.1, 0.15) is 21.5 Å². The highest BCUT2D eigenvalue weighted by Crippen LogP contribution is 2.32. The van der Waals surface area contributed by atoms with Crippen LogP contribution in [0.4, 0.5) is 5.69 Å². The van der Waals surface area contributed by atoms with Crippen molar-refractivity contribution < 1.29 is 4.79 Å². The van der Waals surface area contributed by atoms with E-state index in [1.165, 1.54) is 11.3 Å². The number of rotatable bonds is 3. The fourth-order valence-corrected chi connectivity index (χ4v) is 4.52. The number of hydrogen-bond acceptors (Lipinski definition) is 3. The van der Waals surface area contributed by atoms with E-state index in [9.17, 15) is 4.79 Å². The third kappa shape index (κ3) is 3.46. The van der Waals surface area contributed by atoms with Crippen LogP contribution in [-0.2, 0) is 0 Å². The molecule has 0 fully saturated rings. The van der Waals surface area contributed by atoms with Crippen molar-refractivity contribution in [2.24, 2.45) is 5.73 Å². The van der Waals surface area contributed by atoms with Crippen molar-refractivity contribution in [2.75, 3.05) is 5.32 Å². The van der Waals surface area contributed by atoms with Gasteiger partial charge in [-0.05, 0) is 56.5 Å². The topological polar surface area (TPSA) is 55.1 Å². The summed E-state index contributed by atoms with van der Waals surface area (Å²) in [6, 6.07) is 7.27. The Kier molecular flexibility index (Phi) is 4.95. The molecule has 0 bridgehead atoms. The minimum atomic E-state index is -0.179. The molecule has 1 amide bonds. The number of carbonyl (C=O) groups is 1. The molecule has 104 valence electrons. The van der Waals surface area contributed by atoms with Crippen LogP contribution in [0.3, 0.4) is 0 Å². The zero-order valence-corrected chi connectivity index (χ0v) is 15.2. The van der Waals surface area contributed by atoms with Crippen LogP contribution in [0.5, 0.6) is 0 Å². The Morgan fingerprint density at radius 2 is 2.05 bits per heavy atom. The molecule has 0 atom stereocenters.